The van der Waals surface area contributed by atoms with Gasteiger partial charge in [-0.2, -0.15) is 0 Å². The average molecular weight is 242 g/mol. The number of urea groups is 1. The molecule has 0 radical (unpaired) electrons. The van der Waals surface area contributed by atoms with Crippen molar-refractivity contribution in [2.24, 2.45) is 5.41 Å². The van der Waals surface area contributed by atoms with Crippen LogP contribution in [0.5, 0.6) is 0 Å². The van der Waals surface area contributed by atoms with Crippen LogP contribution in [0.2, 0.25) is 0 Å². The Morgan fingerprint density at radius 2 is 1.94 bits per heavy atom. The van der Waals surface area contributed by atoms with Crippen LogP contribution in [0.25, 0.3) is 0 Å². The standard InChI is InChI=1S/C12H22N2O3/c1-11(2,3)14-10(17)13-8-6-5-7-12(8,4)9(15)16/h8H,5-7H2,1-4H3,(H,15,16)(H2,13,14,17). The van der Waals surface area contributed by atoms with Gasteiger partial charge in [0.05, 0.1) is 5.41 Å². The first-order chi connectivity index (χ1) is 7.65. The SMILES string of the molecule is CC(C)(C)NC(=O)NC1CCCC1(C)C(=O)O. The number of carbonyl (C=O) groups excluding carboxylic acids is 1. The summed E-state index contributed by atoms with van der Waals surface area (Å²) in [6.07, 6.45) is 2.17. The van der Waals surface area contributed by atoms with Gasteiger partial charge in [0, 0.05) is 11.6 Å². The Morgan fingerprint density at radius 3 is 2.41 bits per heavy atom. The van der Waals surface area contributed by atoms with Crippen LogP contribution in [-0.2, 0) is 4.79 Å². The van der Waals surface area contributed by atoms with Gasteiger partial charge >= 0.3 is 12.0 Å². The molecule has 1 fully saturated rings. The highest BCUT2D eigenvalue weighted by Crippen LogP contribution is 2.38. The van der Waals surface area contributed by atoms with Crippen LogP contribution in [0, 0.1) is 5.41 Å². The van der Waals surface area contributed by atoms with E-state index in [-0.39, 0.29) is 17.6 Å². The molecule has 0 heterocycles. The summed E-state index contributed by atoms with van der Waals surface area (Å²) in [5.41, 5.74) is -1.16. The van der Waals surface area contributed by atoms with Gasteiger partial charge in [-0.15, -0.1) is 0 Å². The van der Waals surface area contributed by atoms with Crippen molar-refractivity contribution in [2.45, 2.75) is 58.5 Å². The van der Waals surface area contributed by atoms with Gasteiger partial charge < -0.3 is 15.7 Å². The number of carboxylic acids is 1. The summed E-state index contributed by atoms with van der Waals surface area (Å²) in [6, 6.07) is -0.584. The third-order valence-corrected chi connectivity index (χ3v) is 3.24. The number of carboxylic acid groups (broad SMARTS) is 1. The Balaban J connectivity index is 2.63. The van der Waals surface area contributed by atoms with E-state index >= 15 is 0 Å². The quantitative estimate of drug-likeness (QED) is 0.690. The lowest BCUT2D eigenvalue weighted by Gasteiger charge is -2.29. The molecule has 17 heavy (non-hydrogen) atoms. The highest BCUT2D eigenvalue weighted by atomic mass is 16.4. The maximum atomic E-state index is 11.7. The van der Waals surface area contributed by atoms with Crippen LogP contribution in [0.3, 0.4) is 0 Å². The largest absolute Gasteiger partial charge is 0.481 e. The summed E-state index contributed by atoms with van der Waals surface area (Å²) < 4.78 is 0. The van der Waals surface area contributed by atoms with Gasteiger partial charge in [0.15, 0.2) is 0 Å². The first-order valence-corrected chi connectivity index (χ1v) is 5.97. The van der Waals surface area contributed by atoms with E-state index in [0.717, 1.165) is 12.8 Å². The van der Waals surface area contributed by atoms with Crippen molar-refractivity contribution in [1.29, 1.82) is 0 Å². The molecule has 5 nitrogen and oxygen atoms in total. The molecule has 0 spiro atoms. The molecule has 1 saturated carbocycles. The van der Waals surface area contributed by atoms with E-state index in [1.165, 1.54) is 0 Å². The molecule has 1 aliphatic rings. The average Bonchev–Trinajstić information content (AvgIpc) is 2.45. The number of aliphatic carboxylic acids is 1. The Kier molecular flexibility index (Phi) is 3.69. The van der Waals surface area contributed by atoms with E-state index in [9.17, 15) is 14.7 Å². The Bertz CT molecular complexity index is 322. The summed E-state index contributed by atoms with van der Waals surface area (Å²) in [7, 11) is 0. The summed E-state index contributed by atoms with van der Waals surface area (Å²) in [4.78, 5) is 22.9. The lowest BCUT2D eigenvalue weighted by molar-refractivity contribution is -0.148. The molecular formula is C12H22N2O3. The van der Waals surface area contributed by atoms with Gasteiger partial charge in [0.1, 0.15) is 0 Å². The molecule has 2 unspecified atom stereocenters. The first-order valence-electron chi connectivity index (χ1n) is 5.97. The van der Waals surface area contributed by atoms with Crippen LogP contribution < -0.4 is 10.6 Å². The third-order valence-electron chi connectivity index (χ3n) is 3.24. The summed E-state index contributed by atoms with van der Waals surface area (Å²) >= 11 is 0. The predicted octanol–water partition coefficient (Wildman–Crippen LogP) is 1.73. The highest BCUT2D eigenvalue weighted by Gasteiger charge is 2.46. The Labute approximate surface area is 102 Å². The number of carbonyl (C=O) groups is 2. The minimum absolute atomic E-state index is 0.289. The second kappa shape index (κ2) is 4.55. The molecular weight excluding hydrogens is 220 g/mol. The molecule has 0 bridgehead atoms. The molecule has 2 amide bonds. The zero-order valence-corrected chi connectivity index (χ0v) is 11.0. The zero-order valence-electron chi connectivity index (χ0n) is 11.0. The minimum Gasteiger partial charge on any atom is -0.481 e. The van der Waals surface area contributed by atoms with E-state index in [0.29, 0.717) is 6.42 Å². The number of rotatable bonds is 2. The van der Waals surface area contributed by atoms with E-state index in [4.69, 9.17) is 0 Å². The van der Waals surface area contributed by atoms with E-state index in [1.54, 1.807) is 6.92 Å². The lowest BCUT2D eigenvalue weighted by Crippen LogP contribution is -2.53. The van der Waals surface area contributed by atoms with Crippen molar-refractivity contribution in [3.63, 3.8) is 0 Å². The van der Waals surface area contributed by atoms with Crippen LogP contribution >= 0.6 is 0 Å². The molecule has 0 aromatic heterocycles. The third kappa shape index (κ3) is 3.35. The van der Waals surface area contributed by atoms with Gasteiger partial charge in [0.25, 0.3) is 0 Å². The van der Waals surface area contributed by atoms with Crippen molar-refractivity contribution < 1.29 is 14.7 Å². The van der Waals surface area contributed by atoms with Gasteiger partial charge in [-0.1, -0.05) is 6.42 Å². The van der Waals surface area contributed by atoms with Crippen molar-refractivity contribution in [3.05, 3.63) is 0 Å². The van der Waals surface area contributed by atoms with Crippen LogP contribution in [0.4, 0.5) is 4.79 Å². The molecule has 5 heteroatoms. The van der Waals surface area contributed by atoms with Crippen LogP contribution in [0.1, 0.15) is 47.0 Å². The van der Waals surface area contributed by atoms with Gasteiger partial charge in [0.2, 0.25) is 0 Å². The Hall–Kier alpha value is -1.26. The van der Waals surface area contributed by atoms with Crippen molar-refractivity contribution >= 4 is 12.0 Å². The molecule has 1 aliphatic carbocycles. The lowest BCUT2D eigenvalue weighted by atomic mass is 9.85. The summed E-state index contributed by atoms with van der Waals surface area (Å²) in [6.45, 7) is 7.36. The molecule has 0 aromatic rings. The van der Waals surface area contributed by atoms with Gasteiger partial charge in [-0.05, 0) is 40.5 Å². The van der Waals surface area contributed by atoms with Gasteiger partial charge in [-0.3, -0.25) is 4.79 Å². The van der Waals surface area contributed by atoms with Crippen LogP contribution in [0.15, 0.2) is 0 Å². The highest BCUT2D eigenvalue weighted by molar-refractivity contribution is 5.79. The van der Waals surface area contributed by atoms with Crippen molar-refractivity contribution in [2.75, 3.05) is 0 Å². The molecule has 0 aromatic carbocycles. The van der Waals surface area contributed by atoms with E-state index in [2.05, 4.69) is 10.6 Å². The molecule has 3 N–H and O–H groups in total. The van der Waals surface area contributed by atoms with E-state index < -0.39 is 11.4 Å². The maximum absolute atomic E-state index is 11.7. The van der Waals surface area contributed by atoms with E-state index in [1.807, 2.05) is 20.8 Å². The molecule has 0 saturated heterocycles. The number of hydrogen-bond acceptors (Lipinski definition) is 2. The normalized spacial score (nSPS) is 28.8. The number of nitrogens with one attached hydrogen (secondary N) is 2. The number of hydrogen-bond donors (Lipinski definition) is 3. The first kappa shape index (κ1) is 13.8. The zero-order chi connectivity index (χ0) is 13.3. The minimum atomic E-state index is -0.838. The van der Waals surface area contributed by atoms with Crippen LogP contribution in [-0.4, -0.2) is 28.7 Å². The van der Waals surface area contributed by atoms with Gasteiger partial charge in [-0.25, -0.2) is 4.79 Å². The van der Waals surface area contributed by atoms with Crippen molar-refractivity contribution in [1.82, 2.24) is 10.6 Å². The molecule has 98 valence electrons. The predicted molar refractivity (Wildman–Crippen MR) is 64.8 cm³/mol. The second-order valence-electron chi connectivity index (χ2n) is 6.02. The Morgan fingerprint density at radius 1 is 1.35 bits per heavy atom. The number of amides is 2. The monoisotopic (exact) mass is 242 g/mol. The smallest absolute Gasteiger partial charge is 0.315 e. The fourth-order valence-corrected chi connectivity index (χ4v) is 2.19. The van der Waals surface area contributed by atoms with Crippen molar-refractivity contribution in [3.8, 4) is 0 Å². The maximum Gasteiger partial charge on any atom is 0.315 e. The summed E-state index contributed by atoms with van der Waals surface area (Å²) in [5, 5.41) is 14.8. The molecule has 0 aliphatic heterocycles. The summed E-state index contributed by atoms with van der Waals surface area (Å²) in [5.74, 6) is -0.837. The fraction of sp³-hybridized carbons (Fsp3) is 0.833. The second-order valence-corrected chi connectivity index (χ2v) is 6.02. The molecule has 1 rings (SSSR count). The molecule has 2 atom stereocenters. The fourth-order valence-electron chi connectivity index (χ4n) is 2.19. The topological polar surface area (TPSA) is 78.4 Å².